The topological polar surface area (TPSA) is 49.9 Å². The first kappa shape index (κ1) is 16.0. The van der Waals surface area contributed by atoms with Crippen molar-refractivity contribution in [2.45, 2.75) is 4.90 Å². The van der Waals surface area contributed by atoms with Crippen molar-refractivity contribution in [3.05, 3.63) is 47.5 Å². The van der Waals surface area contributed by atoms with Crippen molar-refractivity contribution in [2.75, 3.05) is 36.5 Å². The average Bonchev–Trinajstić information content (AvgIpc) is 2.55. The number of para-hydroxylation sites is 2. The Labute approximate surface area is 141 Å². The van der Waals surface area contributed by atoms with Gasteiger partial charge in [0.1, 0.15) is 5.75 Å². The minimum atomic E-state index is -3.68. The molecule has 0 N–H and O–H groups in total. The summed E-state index contributed by atoms with van der Waals surface area (Å²) in [6, 6.07) is 12.0. The fourth-order valence-corrected chi connectivity index (χ4v) is 4.48. The van der Waals surface area contributed by atoms with E-state index in [0.717, 1.165) is 5.69 Å². The minimum absolute atomic E-state index is 0.155. The number of anilines is 2. The first-order valence-electron chi connectivity index (χ1n) is 7.11. The first-order valence-corrected chi connectivity index (χ1v) is 8.93. The number of nitrogens with zero attached hydrogens (tertiary/aromatic N) is 2. The second-order valence-corrected chi connectivity index (χ2v) is 7.55. The molecule has 1 heterocycles. The maximum atomic E-state index is 13.0. The van der Waals surface area contributed by atoms with Crippen molar-refractivity contribution >= 4 is 33.0 Å². The Morgan fingerprint density at radius 1 is 1.09 bits per heavy atom. The van der Waals surface area contributed by atoms with E-state index in [1.165, 1.54) is 23.5 Å². The standard InChI is InChI=1S/C16H17ClN2O3S/c1-18-9-10-19(15-6-4-3-5-14(15)18)23(20,21)12-7-8-16(22-2)13(17)11-12/h3-8,11H,9-10H2,1-2H3. The SMILES string of the molecule is COc1ccc(S(=O)(=O)N2CCN(C)c3ccccc32)cc1Cl. The number of methoxy groups -OCH3 is 1. The Bertz CT molecular complexity index is 839. The Morgan fingerprint density at radius 2 is 1.78 bits per heavy atom. The molecule has 23 heavy (non-hydrogen) atoms. The van der Waals surface area contributed by atoms with E-state index in [0.29, 0.717) is 24.5 Å². The summed E-state index contributed by atoms with van der Waals surface area (Å²) in [4.78, 5) is 2.20. The number of hydrogen-bond acceptors (Lipinski definition) is 4. The van der Waals surface area contributed by atoms with Crippen molar-refractivity contribution < 1.29 is 13.2 Å². The molecular formula is C16H17ClN2O3S. The van der Waals surface area contributed by atoms with Gasteiger partial charge in [0.05, 0.1) is 34.9 Å². The molecule has 3 rings (SSSR count). The zero-order valence-electron chi connectivity index (χ0n) is 12.9. The fraction of sp³-hybridized carbons (Fsp3) is 0.250. The van der Waals surface area contributed by atoms with E-state index in [2.05, 4.69) is 0 Å². The minimum Gasteiger partial charge on any atom is -0.495 e. The van der Waals surface area contributed by atoms with Gasteiger partial charge in [-0.15, -0.1) is 0 Å². The normalized spacial score (nSPS) is 14.6. The Hall–Kier alpha value is -1.92. The highest BCUT2D eigenvalue weighted by atomic mass is 35.5. The lowest BCUT2D eigenvalue weighted by atomic mass is 10.2. The smallest absolute Gasteiger partial charge is 0.264 e. The van der Waals surface area contributed by atoms with Gasteiger partial charge in [-0.05, 0) is 30.3 Å². The van der Waals surface area contributed by atoms with E-state index in [-0.39, 0.29) is 9.92 Å². The molecule has 1 aliphatic rings. The number of hydrogen-bond donors (Lipinski definition) is 0. The number of rotatable bonds is 3. The molecule has 0 aromatic heterocycles. The highest BCUT2D eigenvalue weighted by Crippen LogP contribution is 2.36. The summed E-state index contributed by atoms with van der Waals surface area (Å²) in [5.41, 5.74) is 1.56. The van der Waals surface area contributed by atoms with Crippen LogP contribution >= 0.6 is 11.6 Å². The summed E-state index contributed by atoms with van der Waals surface area (Å²) in [5, 5.41) is 0.274. The third-order valence-electron chi connectivity index (χ3n) is 3.91. The van der Waals surface area contributed by atoms with Gasteiger partial charge in [0.25, 0.3) is 10.0 Å². The Balaban J connectivity index is 2.07. The third-order valence-corrected chi connectivity index (χ3v) is 6.02. The van der Waals surface area contributed by atoms with E-state index in [4.69, 9.17) is 16.3 Å². The summed E-state index contributed by atoms with van der Waals surface area (Å²) >= 11 is 6.08. The molecule has 0 fully saturated rings. The fourth-order valence-electron chi connectivity index (χ4n) is 2.66. The molecule has 0 saturated carbocycles. The van der Waals surface area contributed by atoms with E-state index < -0.39 is 10.0 Å². The maximum absolute atomic E-state index is 13.0. The van der Waals surface area contributed by atoms with Crippen molar-refractivity contribution in [3.63, 3.8) is 0 Å². The number of fused-ring (bicyclic) bond motifs is 1. The van der Waals surface area contributed by atoms with Crippen LogP contribution in [0.1, 0.15) is 0 Å². The predicted molar refractivity (Wildman–Crippen MR) is 92.2 cm³/mol. The molecule has 7 heteroatoms. The van der Waals surface area contributed by atoms with Crippen LogP contribution in [-0.4, -0.2) is 35.7 Å². The molecule has 0 atom stereocenters. The third kappa shape index (κ3) is 2.72. The van der Waals surface area contributed by atoms with Gasteiger partial charge in [0.15, 0.2) is 0 Å². The predicted octanol–water partition coefficient (Wildman–Crippen LogP) is 2.99. The van der Waals surface area contributed by atoms with Crippen molar-refractivity contribution in [2.24, 2.45) is 0 Å². The summed E-state index contributed by atoms with van der Waals surface area (Å²) in [5.74, 6) is 0.449. The number of likely N-dealkylation sites (N-methyl/N-ethyl adjacent to an activating group) is 1. The zero-order valence-corrected chi connectivity index (χ0v) is 14.4. The quantitative estimate of drug-likeness (QED) is 0.852. The molecule has 0 saturated heterocycles. The maximum Gasteiger partial charge on any atom is 0.264 e. The Kier molecular flexibility index (Phi) is 4.12. The Morgan fingerprint density at radius 3 is 2.43 bits per heavy atom. The second kappa shape index (κ2) is 5.94. The molecule has 1 aliphatic heterocycles. The van der Waals surface area contributed by atoms with Crippen molar-refractivity contribution in [1.82, 2.24) is 0 Å². The van der Waals surface area contributed by atoms with Crippen LogP contribution in [-0.2, 0) is 10.0 Å². The largest absolute Gasteiger partial charge is 0.495 e. The summed E-state index contributed by atoms with van der Waals surface area (Å²) in [6.45, 7) is 1.01. The molecule has 0 spiro atoms. The molecular weight excluding hydrogens is 336 g/mol. The van der Waals surface area contributed by atoms with Gasteiger partial charge in [-0.1, -0.05) is 23.7 Å². The van der Waals surface area contributed by atoms with E-state index >= 15 is 0 Å². The molecule has 0 unspecified atom stereocenters. The van der Waals surface area contributed by atoms with E-state index in [1.807, 2.05) is 36.2 Å². The molecule has 0 bridgehead atoms. The molecule has 5 nitrogen and oxygen atoms in total. The van der Waals surface area contributed by atoms with Crippen LogP contribution in [0.25, 0.3) is 0 Å². The van der Waals surface area contributed by atoms with Gasteiger partial charge >= 0.3 is 0 Å². The first-order chi connectivity index (χ1) is 10.9. The molecule has 0 radical (unpaired) electrons. The summed E-state index contributed by atoms with van der Waals surface area (Å²) in [6.07, 6.45) is 0. The highest BCUT2D eigenvalue weighted by Gasteiger charge is 2.31. The number of sulfonamides is 1. The lowest BCUT2D eigenvalue weighted by molar-refractivity contribution is 0.414. The van der Waals surface area contributed by atoms with E-state index in [9.17, 15) is 8.42 Å². The van der Waals surface area contributed by atoms with Crippen LogP contribution in [0.3, 0.4) is 0 Å². The van der Waals surface area contributed by atoms with Crippen LogP contribution < -0.4 is 13.9 Å². The second-order valence-electron chi connectivity index (χ2n) is 5.28. The number of ether oxygens (including phenoxy) is 1. The van der Waals surface area contributed by atoms with Gasteiger partial charge < -0.3 is 9.64 Å². The van der Waals surface area contributed by atoms with Crippen LogP contribution in [0.15, 0.2) is 47.4 Å². The molecule has 0 amide bonds. The lowest BCUT2D eigenvalue weighted by Gasteiger charge is -2.36. The van der Waals surface area contributed by atoms with E-state index in [1.54, 1.807) is 6.07 Å². The monoisotopic (exact) mass is 352 g/mol. The lowest BCUT2D eigenvalue weighted by Crippen LogP contribution is -2.42. The number of benzene rings is 2. The van der Waals surface area contributed by atoms with Crippen molar-refractivity contribution in [1.29, 1.82) is 0 Å². The van der Waals surface area contributed by atoms with Gasteiger partial charge in [0, 0.05) is 13.6 Å². The number of halogens is 1. The van der Waals surface area contributed by atoms with Crippen LogP contribution in [0.5, 0.6) is 5.75 Å². The van der Waals surface area contributed by atoms with Gasteiger partial charge in [-0.25, -0.2) is 8.42 Å². The zero-order chi connectivity index (χ0) is 16.6. The van der Waals surface area contributed by atoms with Crippen LogP contribution in [0, 0.1) is 0 Å². The average molecular weight is 353 g/mol. The summed E-state index contributed by atoms with van der Waals surface area (Å²) in [7, 11) is -0.236. The molecule has 2 aromatic rings. The van der Waals surface area contributed by atoms with Gasteiger partial charge in [-0.3, -0.25) is 4.31 Å². The molecule has 122 valence electrons. The molecule has 2 aromatic carbocycles. The summed E-state index contributed by atoms with van der Waals surface area (Å²) < 4.78 is 32.5. The molecule has 0 aliphatic carbocycles. The van der Waals surface area contributed by atoms with Crippen molar-refractivity contribution in [3.8, 4) is 5.75 Å². The van der Waals surface area contributed by atoms with Crippen LogP contribution in [0.2, 0.25) is 5.02 Å². The van der Waals surface area contributed by atoms with Gasteiger partial charge in [0.2, 0.25) is 0 Å². The van der Waals surface area contributed by atoms with Crippen LogP contribution in [0.4, 0.5) is 11.4 Å². The highest BCUT2D eigenvalue weighted by molar-refractivity contribution is 7.92. The van der Waals surface area contributed by atoms with Gasteiger partial charge in [-0.2, -0.15) is 0 Å².